The van der Waals surface area contributed by atoms with Gasteiger partial charge in [0, 0.05) is 29.2 Å². The van der Waals surface area contributed by atoms with Crippen LogP contribution < -0.4 is 5.32 Å². The Bertz CT molecular complexity index is 383. The summed E-state index contributed by atoms with van der Waals surface area (Å²) < 4.78 is 6.64. The second-order valence-corrected chi connectivity index (χ2v) is 5.35. The van der Waals surface area contributed by atoms with Crippen molar-refractivity contribution in [1.29, 1.82) is 0 Å². The number of unbranched alkanes of at least 4 members (excludes halogenated alkanes) is 1. The average Bonchev–Trinajstić information content (AvgIpc) is 2.32. The zero-order valence-corrected chi connectivity index (χ0v) is 12.8. The molecule has 0 aromatic heterocycles. The van der Waals surface area contributed by atoms with Crippen LogP contribution in [-0.4, -0.2) is 26.2 Å². The molecule has 0 aliphatic rings. The van der Waals surface area contributed by atoms with E-state index in [0.29, 0.717) is 12.1 Å². The minimum atomic E-state index is -0.0596. The molecular formula is C12H15Br2NO2. The number of rotatable bonds is 6. The second-order valence-electron chi connectivity index (χ2n) is 3.58. The van der Waals surface area contributed by atoms with Gasteiger partial charge in [-0.2, -0.15) is 0 Å². The molecule has 0 fully saturated rings. The SMILES string of the molecule is COCCCCNC(=O)c1cc(Br)ccc1Br. The molecule has 0 atom stereocenters. The van der Waals surface area contributed by atoms with Crippen molar-refractivity contribution >= 4 is 37.8 Å². The summed E-state index contributed by atoms with van der Waals surface area (Å²) in [5.41, 5.74) is 0.645. The molecule has 0 spiro atoms. The number of nitrogens with one attached hydrogen (secondary N) is 1. The maximum atomic E-state index is 11.9. The van der Waals surface area contributed by atoms with E-state index in [9.17, 15) is 4.79 Å². The topological polar surface area (TPSA) is 38.3 Å². The van der Waals surface area contributed by atoms with Crippen LogP contribution in [0.4, 0.5) is 0 Å². The Hall–Kier alpha value is -0.390. The van der Waals surface area contributed by atoms with Gasteiger partial charge in [0.05, 0.1) is 5.56 Å². The molecule has 0 radical (unpaired) electrons. The highest BCUT2D eigenvalue weighted by molar-refractivity contribution is 9.11. The van der Waals surface area contributed by atoms with Crippen LogP contribution in [0.1, 0.15) is 23.2 Å². The fourth-order valence-corrected chi connectivity index (χ4v) is 2.13. The van der Waals surface area contributed by atoms with Gasteiger partial charge in [0.15, 0.2) is 0 Å². The summed E-state index contributed by atoms with van der Waals surface area (Å²) in [6.07, 6.45) is 1.88. The van der Waals surface area contributed by atoms with E-state index in [1.54, 1.807) is 13.2 Å². The number of methoxy groups -OCH3 is 1. The molecule has 1 rings (SSSR count). The smallest absolute Gasteiger partial charge is 0.252 e. The number of carbonyl (C=O) groups is 1. The average molecular weight is 365 g/mol. The molecule has 17 heavy (non-hydrogen) atoms. The van der Waals surface area contributed by atoms with Gasteiger partial charge in [0.2, 0.25) is 0 Å². The van der Waals surface area contributed by atoms with Gasteiger partial charge in [0.1, 0.15) is 0 Å². The molecule has 0 bridgehead atoms. The number of ether oxygens (including phenoxy) is 1. The van der Waals surface area contributed by atoms with Gasteiger partial charge in [-0.3, -0.25) is 4.79 Å². The van der Waals surface area contributed by atoms with E-state index in [-0.39, 0.29) is 5.91 Å². The summed E-state index contributed by atoms with van der Waals surface area (Å²) >= 11 is 6.71. The second kappa shape index (κ2) is 7.84. The Morgan fingerprint density at radius 2 is 2.12 bits per heavy atom. The predicted octanol–water partition coefficient (Wildman–Crippen LogP) is 3.37. The Morgan fingerprint density at radius 1 is 1.35 bits per heavy atom. The molecule has 0 saturated carbocycles. The summed E-state index contributed by atoms with van der Waals surface area (Å²) in [4.78, 5) is 11.9. The molecule has 5 heteroatoms. The number of amides is 1. The van der Waals surface area contributed by atoms with Crippen molar-refractivity contribution in [1.82, 2.24) is 5.32 Å². The first-order valence-corrected chi connectivity index (χ1v) is 6.96. The first kappa shape index (κ1) is 14.7. The number of benzene rings is 1. The third-order valence-corrected chi connectivity index (χ3v) is 3.42. The quantitative estimate of drug-likeness (QED) is 0.786. The number of carbonyl (C=O) groups excluding carboxylic acids is 1. The van der Waals surface area contributed by atoms with Crippen molar-refractivity contribution in [2.75, 3.05) is 20.3 Å². The predicted molar refractivity (Wildman–Crippen MR) is 75.3 cm³/mol. The molecule has 0 saturated heterocycles. The largest absolute Gasteiger partial charge is 0.385 e. The highest BCUT2D eigenvalue weighted by Crippen LogP contribution is 2.21. The molecule has 0 aliphatic carbocycles. The maximum Gasteiger partial charge on any atom is 0.252 e. The van der Waals surface area contributed by atoms with Crippen molar-refractivity contribution in [3.8, 4) is 0 Å². The maximum absolute atomic E-state index is 11.9. The number of halogens is 2. The summed E-state index contributed by atoms with van der Waals surface area (Å²) in [6.45, 7) is 1.40. The minimum Gasteiger partial charge on any atom is -0.385 e. The third-order valence-electron chi connectivity index (χ3n) is 2.23. The Balaban J connectivity index is 2.44. The van der Waals surface area contributed by atoms with E-state index in [0.717, 1.165) is 28.4 Å². The van der Waals surface area contributed by atoms with Gasteiger partial charge in [-0.15, -0.1) is 0 Å². The van der Waals surface area contributed by atoms with Crippen LogP contribution >= 0.6 is 31.9 Å². The fourth-order valence-electron chi connectivity index (χ4n) is 1.34. The molecule has 1 aromatic rings. The third kappa shape index (κ3) is 5.19. The molecule has 1 N–H and O–H groups in total. The lowest BCUT2D eigenvalue weighted by atomic mass is 10.2. The van der Waals surface area contributed by atoms with E-state index in [2.05, 4.69) is 37.2 Å². The molecule has 0 aliphatic heterocycles. The summed E-state index contributed by atoms with van der Waals surface area (Å²) in [5.74, 6) is -0.0596. The van der Waals surface area contributed by atoms with Gasteiger partial charge < -0.3 is 10.1 Å². The van der Waals surface area contributed by atoms with Gasteiger partial charge in [-0.25, -0.2) is 0 Å². The van der Waals surface area contributed by atoms with E-state index >= 15 is 0 Å². The Kier molecular flexibility index (Phi) is 6.77. The Morgan fingerprint density at radius 3 is 2.82 bits per heavy atom. The zero-order valence-electron chi connectivity index (χ0n) is 9.63. The molecule has 94 valence electrons. The van der Waals surface area contributed by atoms with E-state index in [1.165, 1.54) is 0 Å². The number of hydrogen-bond acceptors (Lipinski definition) is 2. The van der Waals surface area contributed by atoms with Crippen LogP contribution in [0.15, 0.2) is 27.1 Å². The zero-order chi connectivity index (χ0) is 12.7. The van der Waals surface area contributed by atoms with E-state index in [4.69, 9.17) is 4.74 Å². The number of hydrogen-bond donors (Lipinski definition) is 1. The summed E-state index contributed by atoms with van der Waals surface area (Å²) in [6, 6.07) is 5.54. The van der Waals surface area contributed by atoms with Crippen molar-refractivity contribution in [2.24, 2.45) is 0 Å². The summed E-state index contributed by atoms with van der Waals surface area (Å²) in [7, 11) is 1.68. The molecule has 1 aromatic carbocycles. The highest BCUT2D eigenvalue weighted by atomic mass is 79.9. The lowest BCUT2D eigenvalue weighted by Crippen LogP contribution is -2.25. The lowest BCUT2D eigenvalue weighted by Gasteiger charge is -2.07. The van der Waals surface area contributed by atoms with Crippen LogP contribution in [0, 0.1) is 0 Å². The van der Waals surface area contributed by atoms with Crippen LogP contribution in [0.25, 0.3) is 0 Å². The fraction of sp³-hybridized carbons (Fsp3) is 0.417. The first-order valence-electron chi connectivity index (χ1n) is 5.37. The monoisotopic (exact) mass is 363 g/mol. The molecule has 0 heterocycles. The van der Waals surface area contributed by atoms with Gasteiger partial charge in [0.25, 0.3) is 5.91 Å². The molecular weight excluding hydrogens is 350 g/mol. The van der Waals surface area contributed by atoms with Crippen molar-refractivity contribution in [2.45, 2.75) is 12.8 Å². The van der Waals surface area contributed by atoms with Crippen LogP contribution in [0.2, 0.25) is 0 Å². The molecule has 3 nitrogen and oxygen atoms in total. The van der Waals surface area contributed by atoms with E-state index < -0.39 is 0 Å². The first-order chi connectivity index (χ1) is 8.15. The highest BCUT2D eigenvalue weighted by Gasteiger charge is 2.09. The summed E-state index contributed by atoms with van der Waals surface area (Å²) in [5, 5.41) is 2.88. The van der Waals surface area contributed by atoms with E-state index in [1.807, 2.05) is 12.1 Å². The van der Waals surface area contributed by atoms with Crippen molar-refractivity contribution in [3.05, 3.63) is 32.7 Å². The van der Waals surface area contributed by atoms with Gasteiger partial charge in [-0.05, 0) is 47.0 Å². The van der Waals surface area contributed by atoms with Crippen LogP contribution in [0.3, 0.4) is 0 Å². The lowest BCUT2D eigenvalue weighted by molar-refractivity contribution is 0.0950. The standard InChI is InChI=1S/C12H15Br2NO2/c1-17-7-3-2-6-15-12(16)10-8-9(13)4-5-11(10)14/h4-5,8H,2-3,6-7H2,1H3,(H,15,16). The molecule has 0 unspecified atom stereocenters. The minimum absolute atomic E-state index is 0.0596. The van der Waals surface area contributed by atoms with Crippen LogP contribution in [0.5, 0.6) is 0 Å². The van der Waals surface area contributed by atoms with Gasteiger partial charge in [-0.1, -0.05) is 15.9 Å². The molecule has 1 amide bonds. The van der Waals surface area contributed by atoms with Crippen molar-refractivity contribution in [3.63, 3.8) is 0 Å². The van der Waals surface area contributed by atoms with Gasteiger partial charge >= 0.3 is 0 Å². The van der Waals surface area contributed by atoms with Crippen LogP contribution in [-0.2, 0) is 4.74 Å². The van der Waals surface area contributed by atoms with Crippen molar-refractivity contribution < 1.29 is 9.53 Å². The Labute approximate surface area is 118 Å². The normalized spacial score (nSPS) is 10.3.